The second kappa shape index (κ2) is 4.09. The molecular weight excluding hydrogens is 178 g/mol. The van der Waals surface area contributed by atoms with Crippen LogP contribution >= 0.6 is 0 Å². The molecule has 14 heavy (non-hydrogen) atoms. The van der Waals surface area contributed by atoms with Crippen LogP contribution in [0.25, 0.3) is 0 Å². The summed E-state index contributed by atoms with van der Waals surface area (Å²) in [6.07, 6.45) is 1.83. The minimum absolute atomic E-state index is 0.0344. The Labute approximate surface area is 84.9 Å². The Bertz CT molecular complexity index is 288. The van der Waals surface area contributed by atoms with Crippen molar-refractivity contribution in [3.05, 3.63) is 11.7 Å². The predicted molar refractivity (Wildman–Crippen MR) is 54.7 cm³/mol. The van der Waals surface area contributed by atoms with Gasteiger partial charge in [-0.15, -0.1) is 0 Å². The van der Waals surface area contributed by atoms with Crippen molar-refractivity contribution in [2.75, 3.05) is 0 Å². The van der Waals surface area contributed by atoms with E-state index >= 15 is 0 Å². The van der Waals surface area contributed by atoms with Gasteiger partial charge in [-0.1, -0.05) is 32.9 Å². The molecule has 1 aromatic rings. The quantitative estimate of drug-likeness (QED) is 0.805. The maximum absolute atomic E-state index is 6.00. The van der Waals surface area contributed by atoms with Gasteiger partial charge in [0.1, 0.15) is 0 Å². The first kappa shape index (κ1) is 11.2. The van der Waals surface area contributed by atoms with Crippen LogP contribution in [0.4, 0.5) is 0 Å². The van der Waals surface area contributed by atoms with E-state index < -0.39 is 0 Å². The van der Waals surface area contributed by atoms with Gasteiger partial charge in [0.2, 0.25) is 5.89 Å². The molecule has 0 spiro atoms. The Balaban J connectivity index is 2.76. The van der Waals surface area contributed by atoms with E-state index in [0.717, 1.165) is 12.8 Å². The second-order valence-corrected chi connectivity index (χ2v) is 4.64. The van der Waals surface area contributed by atoms with Crippen molar-refractivity contribution in [3.8, 4) is 0 Å². The normalized spacial score (nSPS) is 14.4. The Hall–Kier alpha value is -0.900. The molecule has 0 radical (unpaired) electrons. The number of aryl methyl sites for hydroxylation is 1. The standard InChI is InChI=1S/C10H19N3O/c1-5-6-7-12-9(13-14-7)8(11)10(2,3)4/h8H,5-6,11H2,1-4H3. The van der Waals surface area contributed by atoms with Crippen LogP contribution in [0.2, 0.25) is 0 Å². The van der Waals surface area contributed by atoms with Gasteiger partial charge in [-0.05, 0) is 11.8 Å². The van der Waals surface area contributed by atoms with E-state index in [0.29, 0.717) is 11.7 Å². The van der Waals surface area contributed by atoms with Crippen molar-refractivity contribution in [2.45, 2.75) is 46.6 Å². The highest BCUT2D eigenvalue weighted by Gasteiger charge is 2.26. The summed E-state index contributed by atoms with van der Waals surface area (Å²) in [5.41, 5.74) is 5.96. The molecule has 80 valence electrons. The van der Waals surface area contributed by atoms with Crippen LogP contribution in [0.3, 0.4) is 0 Å². The monoisotopic (exact) mass is 197 g/mol. The number of hydrogen-bond donors (Lipinski definition) is 1. The molecule has 1 atom stereocenters. The van der Waals surface area contributed by atoms with Crippen molar-refractivity contribution in [1.82, 2.24) is 10.1 Å². The predicted octanol–water partition coefficient (Wildman–Crippen LogP) is 2.07. The summed E-state index contributed by atoms with van der Waals surface area (Å²) in [5.74, 6) is 1.29. The Morgan fingerprint density at radius 2 is 2.07 bits per heavy atom. The molecule has 1 rings (SSSR count). The smallest absolute Gasteiger partial charge is 0.226 e. The van der Waals surface area contributed by atoms with E-state index in [1.54, 1.807) is 0 Å². The minimum atomic E-state index is -0.170. The molecule has 0 aliphatic heterocycles. The third kappa shape index (κ3) is 2.54. The maximum atomic E-state index is 6.00. The molecule has 0 aliphatic rings. The molecule has 4 heteroatoms. The summed E-state index contributed by atoms with van der Waals surface area (Å²) < 4.78 is 5.08. The topological polar surface area (TPSA) is 64.9 Å². The van der Waals surface area contributed by atoms with Gasteiger partial charge in [0.25, 0.3) is 0 Å². The van der Waals surface area contributed by atoms with E-state index in [1.165, 1.54) is 0 Å². The van der Waals surface area contributed by atoms with Crippen molar-refractivity contribution >= 4 is 0 Å². The first-order valence-corrected chi connectivity index (χ1v) is 5.03. The zero-order valence-corrected chi connectivity index (χ0v) is 9.37. The van der Waals surface area contributed by atoms with E-state index in [2.05, 4.69) is 37.8 Å². The third-order valence-corrected chi connectivity index (χ3v) is 2.16. The van der Waals surface area contributed by atoms with E-state index in [1.807, 2.05) is 0 Å². The molecule has 0 fully saturated rings. The van der Waals surface area contributed by atoms with E-state index in [9.17, 15) is 0 Å². The highest BCUT2D eigenvalue weighted by Crippen LogP contribution is 2.28. The van der Waals surface area contributed by atoms with Crippen LogP contribution in [0.1, 0.15) is 51.9 Å². The fourth-order valence-corrected chi connectivity index (χ4v) is 1.10. The summed E-state index contributed by atoms with van der Waals surface area (Å²) >= 11 is 0. The van der Waals surface area contributed by atoms with Gasteiger partial charge >= 0.3 is 0 Å². The largest absolute Gasteiger partial charge is 0.339 e. The first-order chi connectivity index (χ1) is 6.45. The van der Waals surface area contributed by atoms with E-state index in [-0.39, 0.29) is 11.5 Å². The molecule has 2 N–H and O–H groups in total. The molecule has 0 bridgehead atoms. The molecule has 1 unspecified atom stereocenters. The highest BCUT2D eigenvalue weighted by atomic mass is 16.5. The summed E-state index contributed by atoms with van der Waals surface area (Å²) in [6, 6.07) is -0.170. The Kier molecular flexibility index (Phi) is 3.26. The van der Waals surface area contributed by atoms with Crippen molar-refractivity contribution in [1.29, 1.82) is 0 Å². The van der Waals surface area contributed by atoms with Crippen LogP contribution in [0.15, 0.2) is 4.52 Å². The van der Waals surface area contributed by atoms with Gasteiger partial charge in [0.15, 0.2) is 5.82 Å². The lowest BCUT2D eigenvalue weighted by molar-refractivity contribution is 0.300. The lowest BCUT2D eigenvalue weighted by Gasteiger charge is -2.23. The van der Waals surface area contributed by atoms with Gasteiger partial charge < -0.3 is 10.3 Å². The van der Waals surface area contributed by atoms with Crippen molar-refractivity contribution < 1.29 is 4.52 Å². The second-order valence-electron chi connectivity index (χ2n) is 4.64. The Morgan fingerprint density at radius 3 is 2.57 bits per heavy atom. The maximum Gasteiger partial charge on any atom is 0.226 e. The summed E-state index contributed by atoms with van der Waals surface area (Å²) in [7, 11) is 0. The first-order valence-electron chi connectivity index (χ1n) is 5.03. The molecular formula is C10H19N3O. The van der Waals surface area contributed by atoms with Gasteiger partial charge in [-0.25, -0.2) is 0 Å². The van der Waals surface area contributed by atoms with Crippen molar-refractivity contribution in [3.63, 3.8) is 0 Å². The minimum Gasteiger partial charge on any atom is -0.339 e. The number of aromatic nitrogens is 2. The number of nitrogens with zero attached hydrogens (tertiary/aromatic N) is 2. The average Bonchev–Trinajstić information content (AvgIpc) is 2.50. The van der Waals surface area contributed by atoms with Gasteiger partial charge in [-0.2, -0.15) is 4.98 Å². The van der Waals surface area contributed by atoms with Crippen LogP contribution in [-0.4, -0.2) is 10.1 Å². The summed E-state index contributed by atoms with van der Waals surface area (Å²) in [6.45, 7) is 8.27. The lowest BCUT2D eigenvalue weighted by atomic mass is 9.87. The van der Waals surface area contributed by atoms with Crippen molar-refractivity contribution in [2.24, 2.45) is 11.1 Å². The summed E-state index contributed by atoms with van der Waals surface area (Å²) in [4.78, 5) is 4.26. The zero-order chi connectivity index (χ0) is 10.8. The number of hydrogen-bond acceptors (Lipinski definition) is 4. The summed E-state index contributed by atoms with van der Waals surface area (Å²) in [5, 5.41) is 3.89. The SMILES string of the molecule is CCCc1nc(C(N)C(C)(C)C)no1. The van der Waals surface area contributed by atoms with Crippen LogP contribution < -0.4 is 5.73 Å². The van der Waals surface area contributed by atoms with Crippen LogP contribution in [0.5, 0.6) is 0 Å². The van der Waals surface area contributed by atoms with Gasteiger partial charge in [0.05, 0.1) is 6.04 Å². The average molecular weight is 197 g/mol. The lowest BCUT2D eigenvalue weighted by Crippen LogP contribution is -2.27. The molecule has 0 amide bonds. The van der Waals surface area contributed by atoms with Crippen LogP contribution in [0, 0.1) is 5.41 Å². The number of nitrogens with two attached hydrogens (primary N) is 1. The third-order valence-electron chi connectivity index (χ3n) is 2.16. The fraction of sp³-hybridized carbons (Fsp3) is 0.800. The van der Waals surface area contributed by atoms with Gasteiger partial charge in [-0.3, -0.25) is 0 Å². The molecule has 1 heterocycles. The molecule has 0 saturated heterocycles. The fourth-order valence-electron chi connectivity index (χ4n) is 1.10. The molecule has 0 aliphatic carbocycles. The molecule has 0 saturated carbocycles. The Morgan fingerprint density at radius 1 is 1.43 bits per heavy atom. The molecule has 1 aromatic heterocycles. The number of rotatable bonds is 3. The van der Waals surface area contributed by atoms with E-state index in [4.69, 9.17) is 10.3 Å². The molecule has 0 aromatic carbocycles. The molecule has 4 nitrogen and oxygen atoms in total. The zero-order valence-electron chi connectivity index (χ0n) is 9.37. The van der Waals surface area contributed by atoms with Crippen LogP contribution in [-0.2, 0) is 6.42 Å². The highest BCUT2D eigenvalue weighted by molar-refractivity contribution is 4.97. The van der Waals surface area contributed by atoms with Gasteiger partial charge in [0, 0.05) is 6.42 Å².